The van der Waals surface area contributed by atoms with Crippen molar-refractivity contribution in [2.45, 2.75) is 75.8 Å². The molecule has 0 radical (unpaired) electrons. The minimum atomic E-state index is -1.63. The number of nitro benzene ring substituents is 1. The van der Waals surface area contributed by atoms with E-state index in [2.05, 4.69) is 30.9 Å². The van der Waals surface area contributed by atoms with Gasteiger partial charge in [-0.1, -0.05) is 84.7 Å². The highest BCUT2D eigenvalue weighted by Gasteiger charge is 2.65. The fourth-order valence-corrected chi connectivity index (χ4v) is 11.1. The molecule has 2 aliphatic carbocycles. The fourth-order valence-electron chi connectivity index (χ4n) is 11.1. The van der Waals surface area contributed by atoms with E-state index in [1.54, 1.807) is 59.5 Å². The molecule has 6 aromatic carbocycles. The Kier molecular flexibility index (Phi) is 16.6. The van der Waals surface area contributed by atoms with E-state index in [4.69, 9.17) is 24.2 Å². The first-order valence-electron chi connectivity index (χ1n) is 25.5. The van der Waals surface area contributed by atoms with Crippen molar-refractivity contribution in [1.82, 2.24) is 4.90 Å². The summed E-state index contributed by atoms with van der Waals surface area (Å²) in [4.78, 5) is 34.4. The van der Waals surface area contributed by atoms with E-state index in [0.717, 1.165) is 35.1 Å². The molecule has 1 fully saturated rings. The van der Waals surface area contributed by atoms with Crippen molar-refractivity contribution in [2.24, 2.45) is 22.9 Å². The number of carbonyl (C=O) groups excluding carboxylic acids is 1. The number of allylic oxidation sites excluding steroid dienone is 1. The smallest absolute Gasteiger partial charge is 0.269 e. The van der Waals surface area contributed by atoms with Gasteiger partial charge in [0.15, 0.2) is 0 Å². The molecule has 14 heteroatoms. The minimum Gasteiger partial charge on any atom is -0.459 e. The second-order valence-electron chi connectivity index (χ2n) is 19.2. The first kappa shape index (κ1) is 51.9. The molecule has 3 aliphatic rings. The van der Waals surface area contributed by atoms with Gasteiger partial charge in [0.25, 0.3) is 11.6 Å². The maximum Gasteiger partial charge on any atom is 0.269 e. The Morgan fingerprint density at radius 3 is 2.23 bits per heavy atom. The molecule has 0 aromatic heterocycles. The van der Waals surface area contributed by atoms with Crippen molar-refractivity contribution >= 4 is 17.3 Å². The van der Waals surface area contributed by atoms with E-state index in [1.165, 1.54) is 24.3 Å². The van der Waals surface area contributed by atoms with Crippen LogP contribution in [0, 0.1) is 45.0 Å². The monoisotopic (exact) mass is 1010 g/mol. The van der Waals surface area contributed by atoms with E-state index in [9.17, 15) is 30.0 Å². The number of ether oxygens (including phenoxy) is 3. The number of oxime groups is 1. The second kappa shape index (κ2) is 23.9. The van der Waals surface area contributed by atoms with E-state index < -0.39 is 34.4 Å². The zero-order chi connectivity index (χ0) is 52.3. The third kappa shape index (κ3) is 11.6. The number of benzene rings is 6. The van der Waals surface area contributed by atoms with Crippen LogP contribution in [0.3, 0.4) is 0 Å². The zero-order valence-electron chi connectivity index (χ0n) is 41.5. The third-order valence-electron chi connectivity index (χ3n) is 14.6. The number of fused-ring (bicyclic) bond motifs is 2. The van der Waals surface area contributed by atoms with E-state index in [0.29, 0.717) is 70.9 Å². The van der Waals surface area contributed by atoms with Crippen molar-refractivity contribution in [3.63, 3.8) is 0 Å². The lowest BCUT2D eigenvalue weighted by Crippen LogP contribution is -2.70. The zero-order valence-corrected chi connectivity index (χ0v) is 41.5. The Bertz CT molecular complexity index is 3050. The molecule has 0 saturated heterocycles. The molecule has 0 spiro atoms. The molecule has 9 rings (SSSR count). The average Bonchev–Trinajstić information content (AvgIpc) is 3.45. The van der Waals surface area contributed by atoms with Crippen LogP contribution in [0.4, 0.5) is 10.1 Å². The number of nitrogens with zero attached hydrogens (tertiary/aromatic N) is 4. The van der Waals surface area contributed by atoms with Crippen LogP contribution in [-0.4, -0.2) is 63.3 Å². The first-order valence-corrected chi connectivity index (χ1v) is 25.5. The molecule has 6 atom stereocenters. The summed E-state index contributed by atoms with van der Waals surface area (Å²) < 4.78 is 35.9. The van der Waals surface area contributed by atoms with Crippen molar-refractivity contribution in [3.8, 4) is 34.4 Å². The van der Waals surface area contributed by atoms with Gasteiger partial charge in [0.1, 0.15) is 35.7 Å². The SMILES string of the molecule is C=CCOC12Oc3ccc(Oc4ccc(-c5ccccc5)cc4)cc3C3C(CCCCO)C(CCCCO)C=C(C(=NOCc4ccc([N+](=O)[O-])cc4)CC1N(Cc1ccc(F)cc1)C(=O)c1ccc(C#N)cc1)C32. The van der Waals surface area contributed by atoms with Crippen LogP contribution in [-0.2, 0) is 22.7 Å². The maximum absolute atomic E-state index is 15.5. The van der Waals surface area contributed by atoms with E-state index in [1.807, 2.05) is 60.7 Å². The largest absolute Gasteiger partial charge is 0.459 e. The van der Waals surface area contributed by atoms with E-state index in [-0.39, 0.29) is 62.8 Å². The summed E-state index contributed by atoms with van der Waals surface area (Å²) in [5.74, 6) is -1.91. The van der Waals surface area contributed by atoms with Crippen molar-refractivity contribution in [3.05, 3.63) is 214 Å². The van der Waals surface area contributed by atoms with Gasteiger partial charge >= 0.3 is 0 Å². The number of aliphatic hydroxyl groups excluding tert-OH is 2. The molecule has 6 aromatic rings. The topological polar surface area (TPSA) is 177 Å². The van der Waals surface area contributed by atoms with Gasteiger partial charge in [-0.15, -0.1) is 6.58 Å². The molecule has 0 bridgehead atoms. The number of nitro groups is 1. The molecule has 1 aliphatic heterocycles. The first-order chi connectivity index (χ1) is 36.6. The standard InChI is InChI=1S/C61H59FN4O9/c1-2-34-72-61-57(65(39-42-16-24-48(62)25-17-42)60(69)46-20-14-41(38-63)15-21-46)37-55(64-73-40-43-18-26-49(27-19-43)66(70)71)53-35-47(12-6-8-32-67)52(13-7-9-33-68)58(59(53)61)54-36-51(30-31-56(54)75-61)74-50-28-22-45(23-29-50)44-10-4-3-5-11-44/h2-5,10-11,14-31,35-36,47,52,57-59,67-68H,1,6-9,12-13,32-34,37,39-40H2. The Labute approximate surface area is 435 Å². The number of hydrogen-bond donors (Lipinski definition) is 2. The quantitative estimate of drug-likeness (QED) is 0.0288. The lowest BCUT2D eigenvalue weighted by atomic mass is 9.55. The van der Waals surface area contributed by atoms with Crippen molar-refractivity contribution in [1.29, 1.82) is 5.26 Å². The summed E-state index contributed by atoms with van der Waals surface area (Å²) in [6.45, 7) is 4.10. The number of aliphatic hydroxyl groups is 2. The lowest BCUT2D eigenvalue weighted by molar-refractivity contribution is -0.384. The van der Waals surface area contributed by atoms with Crippen LogP contribution >= 0.6 is 0 Å². The molecule has 1 saturated carbocycles. The maximum atomic E-state index is 15.5. The number of unbranched alkanes of at least 4 members (excludes halogenated alkanes) is 2. The Balaban J connectivity index is 1.23. The lowest BCUT2D eigenvalue weighted by Gasteiger charge is -2.60. The highest BCUT2D eigenvalue weighted by Crippen LogP contribution is 2.62. The summed E-state index contributed by atoms with van der Waals surface area (Å²) >= 11 is 0. The molecule has 384 valence electrons. The summed E-state index contributed by atoms with van der Waals surface area (Å²) in [5, 5.41) is 46.3. The van der Waals surface area contributed by atoms with Gasteiger partial charge in [0, 0.05) is 55.4 Å². The number of halogens is 1. The Morgan fingerprint density at radius 1 is 0.867 bits per heavy atom. The summed E-state index contributed by atoms with van der Waals surface area (Å²) in [7, 11) is 0. The van der Waals surface area contributed by atoms with Gasteiger partial charge in [-0.05, 0) is 144 Å². The number of nitriles is 1. The van der Waals surface area contributed by atoms with Gasteiger partial charge in [-0.2, -0.15) is 5.26 Å². The average molecular weight is 1010 g/mol. The highest BCUT2D eigenvalue weighted by molar-refractivity contribution is 6.03. The summed E-state index contributed by atoms with van der Waals surface area (Å²) in [6.07, 6.45) is 8.00. The van der Waals surface area contributed by atoms with Crippen LogP contribution in [0.1, 0.15) is 83.5 Å². The molecular weight excluding hydrogens is 952 g/mol. The summed E-state index contributed by atoms with van der Waals surface area (Å²) in [5.41, 5.74) is 6.21. The molecule has 2 N–H and O–H groups in total. The van der Waals surface area contributed by atoms with Gasteiger partial charge in [0.05, 0.1) is 34.8 Å². The molecule has 1 amide bonds. The number of rotatable bonds is 22. The Hall–Kier alpha value is -7.96. The van der Waals surface area contributed by atoms with E-state index >= 15 is 4.79 Å². The Morgan fingerprint density at radius 2 is 1.55 bits per heavy atom. The predicted octanol–water partition coefficient (Wildman–Crippen LogP) is 12.2. The normalized spacial score (nSPS) is 20.9. The highest BCUT2D eigenvalue weighted by atomic mass is 19.1. The molecule has 1 heterocycles. The van der Waals surface area contributed by atoms with Crippen molar-refractivity contribution in [2.75, 3.05) is 19.8 Å². The minimum absolute atomic E-state index is 0.00782. The number of carbonyl (C=O) groups is 1. The van der Waals surface area contributed by atoms with Crippen molar-refractivity contribution < 1.29 is 43.4 Å². The number of amides is 1. The van der Waals surface area contributed by atoms with Gasteiger partial charge in [-0.3, -0.25) is 14.9 Å². The molecular formula is C61H59FN4O9. The van der Waals surface area contributed by atoms with Crippen LogP contribution in [0.5, 0.6) is 17.2 Å². The number of hydrogen-bond acceptors (Lipinski definition) is 11. The summed E-state index contributed by atoms with van der Waals surface area (Å²) in [6, 6.07) is 43.4. The van der Waals surface area contributed by atoms with Crippen LogP contribution in [0.15, 0.2) is 175 Å². The molecule has 13 nitrogen and oxygen atoms in total. The molecule has 75 heavy (non-hydrogen) atoms. The third-order valence-corrected chi connectivity index (χ3v) is 14.6. The van der Waals surface area contributed by atoms with Crippen LogP contribution in [0.25, 0.3) is 11.1 Å². The molecule has 6 unspecified atom stereocenters. The second-order valence-corrected chi connectivity index (χ2v) is 19.2. The predicted molar refractivity (Wildman–Crippen MR) is 282 cm³/mol. The van der Waals surface area contributed by atoms with Crippen LogP contribution < -0.4 is 9.47 Å². The fraction of sp³-hybridized carbons (Fsp3) is 0.295. The van der Waals surface area contributed by atoms with Gasteiger partial charge in [-0.25, -0.2) is 4.39 Å². The van der Waals surface area contributed by atoms with Gasteiger partial charge < -0.3 is 34.2 Å². The van der Waals surface area contributed by atoms with Crippen LogP contribution in [0.2, 0.25) is 0 Å². The van der Waals surface area contributed by atoms with Gasteiger partial charge in [0.2, 0.25) is 5.79 Å². The number of non-ortho nitro benzene ring substituents is 1.